The van der Waals surface area contributed by atoms with Gasteiger partial charge in [-0.15, -0.1) is 0 Å². The van der Waals surface area contributed by atoms with Crippen LogP contribution in [0.2, 0.25) is 5.15 Å². The first kappa shape index (κ1) is 12.4. The van der Waals surface area contributed by atoms with Crippen LogP contribution in [-0.4, -0.2) is 18.6 Å². The third-order valence-corrected chi connectivity index (χ3v) is 1.91. The molecule has 72 valence electrons. The van der Waals surface area contributed by atoms with E-state index in [9.17, 15) is 0 Å². The molecule has 3 nitrogen and oxygen atoms in total. The zero-order valence-electron chi connectivity index (χ0n) is 7.04. The minimum atomic E-state index is 0.375. The zero-order valence-corrected chi connectivity index (χ0v) is 9.38. The van der Waals surface area contributed by atoms with Crippen molar-refractivity contribution in [1.29, 1.82) is 0 Å². The summed E-state index contributed by atoms with van der Waals surface area (Å²) in [5.74, 6) is 0. The summed E-state index contributed by atoms with van der Waals surface area (Å²) in [7, 11) is 1.31. The molecule has 0 amide bonds. The van der Waals surface area contributed by atoms with E-state index in [2.05, 4.69) is 25.7 Å². The number of pyridine rings is 1. The predicted molar refractivity (Wildman–Crippen MR) is 55.0 cm³/mol. The van der Waals surface area contributed by atoms with E-state index in [1.807, 2.05) is 6.07 Å². The van der Waals surface area contributed by atoms with Gasteiger partial charge in [-0.3, -0.25) is 4.79 Å². The van der Waals surface area contributed by atoms with E-state index in [1.165, 1.54) is 7.11 Å². The predicted octanol–water partition coefficient (Wildman–Crippen LogP) is 2.42. The highest BCUT2D eigenvalue weighted by Crippen LogP contribution is 2.07. The molecule has 5 heteroatoms. The Morgan fingerprint density at radius 1 is 1.69 bits per heavy atom. The second-order valence-corrected chi connectivity index (χ2v) is 2.90. The van der Waals surface area contributed by atoms with Gasteiger partial charge in [0.2, 0.25) is 0 Å². The number of hydrogen-bond acceptors (Lipinski definition) is 3. The van der Waals surface area contributed by atoms with Crippen molar-refractivity contribution in [3.8, 4) is 0 Å². The van der Waals surface area contributed by atoms with Crippen LogP contribution in [0.25, 0.3) is 0 Å². The summed E-state index contributed by atoms with van der Waals surface area (Å²) in [6, 6.07) is 3.71. The molecule has 1 aromatic rings. The van der Waals surface area contributed by atoms with Crippen molar-refractivity contribution in [2.45, 2.75) is 5.33 Å². The van der Waals surface area contributed by atoms with E-state index >= 15 is 0 Å². The SMILES string of the molecule is COC=O.Clc1ccc(CBr)cn1. The Kier molecular flexibility index (Phi) is 7.63. The third kappa shape index (κ3) is 6.54. The zero-order chi connectivity index (χ0) is 10.1. The maximum atomic E-state index is 8.95. The quantitative estimate of drug-likeness (QED) is 0.469. The van der Waals surface area contributed by atoms with E-state index in [0.717, 1.165) is 10.9 Å². The minimum Gasteiger partial charge on any atom is -0.471 e. The molecule has 0 unspecified atom stereocenters. The number of hydrogen-bond donors (Lipinski definition) is 0. The number of alkyl halides is 1. The summed E-state index contributed by atoms with van der Waals surface area (Å²) >= 11 is 8.84. The van der Waals surface area contributed by atoms with Crippen molar-refractivity contribution in [2.75, 3.05) is 7.11 Å². The number of methoxy groups -OCH3 is 1. The molecule has 0 aliphatic carbocycles. The average Bonchev–Trinajstić information content (AvgIpc) is 2.19. The van der Waals surface area contributed by atoms with E-state index in [1.54, 1.807) is 12.3 Å². The van der Waals surface area contributed by atoms with Gasteiger partial charge in [-0.2, -0.15) is 0 Å². The lowest BCUT2D eigenvalue weighted by molar-refractivity contribution is -0.126. The number of rotatable bonds is 2. The Morgan fingerprint density at radius 2 is 2.31 bits per heavy atom. The first-order valence-corrected chi connectivity index (χ1v) is 4.87. The molecule has 0 aromatic carbocycles. The number of aromatic nitrogens is 1. The molecular formula is C8H9BrClNO2. The molecule has 1 aromatic heterocycles. The molecule has 0 saturated carbocycles. The lowest BCUT2D eigenvalue weighted by Crippen LogP contribution is -1.78. The Hall–Kier alpha value is -0.610. The number of halogens is 2. The monoisotopic (exact) mass is 265 g/mol. The van der Waals surface area contributed by atoms with Crippen molar-refractivity contribution in [3.63, 3.8) is 0 Å². The molecule has 1 heterocycles. The van der Waals surface area contributed by atoms with Gasteiger partial charge in [0, 0.05) is 11.5 Å². The topological polar surface area (TPSA) is 39.2 Å². The molecule has 0 fully saturated rings. The highest BCUT2D eigenvalue weighted by molar-refractivity contribution is 9.08. The fourth-order valence-electron chi connectivity index (χ4n) is 0.485. The van der Waals surface area contributed by atoms with Crippen LogP contribution < -0.4 is 0 Å². The molecule has 0 aliphatic rings. The molecule has 0 bridgehead atoms. The van der Waals surface area contributed by atoms with E-state index in [0.29, 0.717) is 11.6 Å². The van der Waals surface area contributed by atoms with Crippen LogP contribution in [0.4, 0.5) is 0 Å². The average molecular weight is 267 g/mol. The lowest BCUT2D eigenvalue weighted by Gasteiger charge is -1.91. The third-order valence-electron chi connectivity index (χ3n) is 1.04. The van der Waals surface area contributed by atoms with Crippen LogP contribution in [0.5, 0.6) is 0 Å². The molecule has 0 saturated heterocycles. The van der Waals surface area contributed by atoms with Crippen molar-refractivity contribution >= 4 is 34.0 Å². The number of carbonyl (C=O) groups is 1. The molecule has 0 aliphatic heterocycles. The van der Waals surface area contributed by atoms with Crippen LogP contribution in [-0.2, 0) is 14.9 Å². The second kappa shape index (κ2) is 8.01. The summed E-state index contributed by atoms with van der Waals surface area (Å²) in [6.45, 7) is 0.375. The van der Waals surface area contributed by atoms with Gasteiger partial charge in [0.1, 0.15) is 5.15 Å². The van der Waals surface area contributed by atoms with Crippen LogP contribution in [0, 0.1) is 0 Å². The number of nitrogens with zero attached hydrogens (tertiary/aromatic N) is 1. The Morgan fingerprint density at radius 3 is 2.62 bits per heavy atom. The summed E-state index contributed by atoms with van der Waals surface area (Å²) < 4.78 is 3.86. The maximum Gasteiger partial charge on any atom is 0.292 e. The van der Waals surface area contributed by atoms with E-state index in [4.69, 9.17) is 16.4 Å². The fraction of sp³-hybridized carbons (Fsp3) is 0.250. The number of carbonyl (C=O) groups excluding carboxylic acids is 1. The van der Waals surface area contributed by atoms with Gasteiger partial charge >= 0.3 is 0 Å². The summed E-state index contributed by atoms with van der Waals surface area (Å²) in [4.78, 5) is 12.8. The van der Waals surface area contributed by atoms with Gasteiger partial charge in [0.15, 0.2) is 0 Å². The minimum absolute atomic E-state index is 0.375. The van der Waals surface area contributed by atoms with Gasteiger partial charge in [-0.05, 0) is 11.6 Å². The summed E-state index contributed by atoms with van der Waals surface area (Å²) in [6.07, 6.45) is 1.75. The molecule has 13 heavy (non-hydrogen) atoms. The summed E-state index contributed by atoms with van der Waals surface area (Å²) in [5, 5.41) is 1.37. The van der Waals surface area contributed by atoms with Crippen LogP contribution in [0.15, 0.2) is 18.3 Å². The summed E-state index contributed by atoms with van der Waals surface area (Å²) in [5.41, 5.74) is 1.14. The highest BCUT2D eigenvalue weighted by Gasteiger charge is 1.88. The maximum absolute atomic E-state index is 8.95. The lowest BCUT2D eigenvalue weighted by atomic mass is 10.3. The molecule has 0 atom stereocenters. The molecular weight excluding hydrogens is 257 g/mol. The molecule has 0 spiro atoms. The second-order valence-electron chi connectivity index (χ2n) is 1.95. The Labute approximate surface area is 90.2 Å². The fourth-order valence-corrected chi connectivity index (χ4v) is 0.929. The van der Waals surface area contributed by atoms with E-state index < -0.39 is 0 Å². The van der Waals surface area contributed by atoms with Gasteiger partial charge in [0.05, 0.1) is 7.11 Å². The van der Waals surface area contributed by atoms with Gasteiger partial charge < -0.3 is 4.74 Å². The first-order valence-electron chi connectivity index (χ1n) is 3.37. The van der Waals surface area contributed by atoms with Gasteiger partial charge in [-0.25, -0.2) is 4.98 Å². The van der Waals surface area contributed by atoms with Crippen LogP contribution in [0.3, 0.4) is 0 Å². The van der Waals surface area contributed by atoms with Crippen molar-refractivity contribution in [2.24, 2.45) is 0 Å². The van der Waals surface area contributed by atoms with Crippen molar-refractivity contribution < 1.29 is 9.53 Å². The smallest absolute Gasteiger partial charge is 0.292 e. The van der Waals surface area contributed by atoms with Gasteiger partial charge in [0.25, 0.3) is 6.47 Å². The molecule has 1 rings (SSSR count). The van der Waals surface area contributed by atoms with Crippen LogP contribution in [0.1, 0.15) is 5.56 Å². The Balaban J connectivity index is 0.000000310. The van der Waals surface area contributed by atoms with E-state index in [-0.39, 0.29) is 0 Å². The van der Waals surface area contributed by atoms with Crippen LogP contribution >= 0.6 is 27.5 Å². The van der Waals surface area contributed by atoms with Crippen molar-refractivity contribution in [3.05, 3.63) is 29.0 Å². The Bertz CT molecular complexity index is 240. The number of ether oxygens (including phenoxy) is 1. The normalized spacial score (nSPS) is 8.23. The molecule has 0 radical (unpaired) electrons. The first-order chi connectivity index (χ1) is 6.24. The molecule has 0 N–H and O–H groups in total. The standard InChI is InChI=1S/C6H5BrClN.C2H4O2/c7-3-5-1-2-6(8)9-4-5;1-4-2-3/h1-2,4H,3H2;2H,1H3. The largest absolute Gasteiger partial charge is 0.471 e. The van der Waals surface area contributed by atoms with Gasteiger partial charge in [-0.1, -0.05) is 33.6 Å². The van der Waals surface area contributed by atoms with Crippen molar-refractivity contribution in [1.82, 2.24) is 4.98 Å². The highest BCUT2D eigenvalue weighted by atomic mass is 79.9.